The number of hydrogen-bond acceptors (Lipinski definition) is 8. The fourth-order valence-corrected chi connectivity index (χ4v) is 5.15. The molecule has 0 fully saturated rings. The summed E-state index contributed by atoms with van der Waals surface area (Å²) in [4.78, 5) is 31.8. The molecule has 1 unspecified atom stereocenters. The second-order valence-corrected chi connectivity index (χ2v) is 8.67. The third-order valence-corrected chi connectivity index (χ3v) is 6.64. The molecule has 34 heavy (non-hydrogen) atoms. The van der Waals surface area contributed by atoms with Gasteiger partial charge in [-0.3, -0.25) is 9.36 Å². The largest absolute Gasteiger partial charge is 0.496 e. The third-order valence-electron chi connectivity index (χ3n) is 5.65. The van der Waals surface area contributed by atoms with E-state index in [1.807, 2.05) is 30.3 Å². The van der Waals surface area contributed by atoms with Crippen molar-refractivity contribution in [1.82, 2.24) is 4.57 Å². The Morgan fingerprint density at radius 3 is 2.82 bits per heavy atom. The number of fused-ring (bicyclic) bond motifs is 2. The first kappa shape index (κ1) is 22.0. The van der Waals surface area contributed by atoms with Crippen LogP contribution in [0.3, 0.4) is 0 Å². The second-order valence-electron chi connectivity index (χ2n) is 7.66. The van der Waals surface area contributed by atoms with Crippen LogP contribution in [-0.4, -0.2) is 31.0 Å². The monoisotopic (exact) mass is 478 g/mol. The van der Waals surface area contributed by atoms with Gasteiger partial charge in [-0.15, -0.1) is 0 Å². The van der Waals surface area contributed by atoms with E-state index >= 15 is 0 Å². The van der Waals surface area contributed by atoms with Crippen LogP contribution in [0.2, 0.25) is 0 Å². The van der Waals surface area contributed by atoms with Gasteiger partial charge in [-0.05, 0) is 43.7 Å². The average Bonchev–Trinajstić information content (AvgIpc) is 3.42. The number of ether oxygens (including phenoxy) is 4. The molecule has 0 radical (unpaired) electrons. The quantitative estimate of drug-likeness (QED) is 0.524. The molecule has 0 saturated carbocycles. The predicted molar refractivity (Wildman–Crippen MR) is 126 cm³/mol. The van der Waals surface area contributed by atoms with Gasteiger partial charge in [0.2, 0.25) is 6.79 Å². The summed E-state index contributed by atoms with van der Waals surface area (Å²) in [6.45, 7) is 3.83. The maximum atomic E-state index is 13.7. The minimum absolute atomic E-state index is 0.125. The summed E-state index contributed by atoms with van der Waals surface area (Å²) >= 11 is 1.26. The van der Waals surface area contributed by atoms with Crippen LogP contribution in [0.15, 0.2) is 63.5 Å². The van der Waals surface area contributed by atoms with Gasteiger partial charge in [-0.25, -0.2) is 9.79 Å². The van der Waals surface area contributed by atoms with Gasteiger partial charge in [0.05, 0.1) is 35.6 Å². The molecule has 3 heterocycles. The Labute approximate surface area is 199 Å². The number of carbonyl (C=O) groups excluding carboxylic acids is 1. The van der Waals surface area contributed by atoms with E-state index in [0.717, 1.165) is 5.56 Å². The molecule has 3 aromatic rings. The van der Waals surface area contributed by atoms with Crippen molar-refractivity contribution in [3.05, 3.63) is 84.5 Å². The highest BCUT2D eigenvalue weighted by atomic mass is 32.1. The summed E-state index contributed by atoms with van der Waals surface area (Å²) in [5.74, 6) is 1.33. The van der Waals surface area contributed by atoms with Crippen molar-refractivity contribution in [1.29, 1.82) is 0 Å². The lowest BCUT2D eigenvalue weighted by Crippen LogP contribution is -2.39. The molecule has 9 heteroatoms. The molecule has 0 saturated heterocycles. The van der Waals surface area contributed by atoms with Crippen molar-refractivity contribution in [3.8, 4) is 17.2 Å². The van der Waals surface area contributed by atoms with Crippen molar-refractivity contribution in [3.63, 3.8) is 0 Å². The van der Waals surface area contributed by atoms with Crippen molar-refractivity contribution < 1.29 is 23.7 Å². The number of nitrogens with zero attached hydrogens (tertiary/aromatic N) is 2. The van der Waals surface area contributed by atoms with Crippen LogP contribution in [0.25, 0.3) is 6.08 Å². The topological polar surface area (TPSA) is 88.4 Å². The van der Waals surface area contributed by atoms with E-state index in [1.165, 1.54) is 11.3 Å². The molecule has 2 aliphatic heterocycles. The lowest BCUT2D eigenvalue weighted by molar-refractivity contribution is -0.139. The zero-order valence-corrected chi connectivity index (χ0v) is 19.7. The van der Waals surface area contributed by atoms with Crippen LogP contribution in [0.4, 0.5) is 0 Å². The number of allylic oxidation sites excluding steroid dienone is 1. The summed E-state index contributed by atoms with van der Waals surface area (Å²) in [7, 11) is 1.59. The summed E-state index contributed by atoms with van der Waals surface area (Å²) in [6, 6.07) is 12.1. The molecular weight excluding hydrogens is 456 g/mol. The summed E-state index contributed by atoms with van der Waals surface area (Å²) in [5, 5.41) is 0. The molecule has 0 bridgehead atoms. The third kappa shape index (κ3) is 3.67. The maximum absolute atomic E-state index is 13.7. The Bertz CT molecular complexity index is 1500. The minimum atomic E-state index is -0.718. The minimum Gasteiger partial charge on any atom is -0.496 e. The molecule has 174 valence electrons. The van der Waals surface area contributed by atoms with E-state index in [1.54, 1.807) is 43.7 Å². The highest BCUT2D eigenvalue weighted by Crippen LogP contribution is 2.38. The van der Waals surface area contributed by atoms with Gasteiger partial charge in [0.1, 0.15) is 5.75 Å². The first-order valence-electron chi connectivity index (χ1n) is 10.7. The molecule has 0 N–H and O–H groups in total. The average molecular weight is 479 g/mol. The number of esters is 1. The number of thiazole rings is 1. The molecule has 0 aliphatic carbocycles. The van der Waals surface area contributed by atoms with Crippen molar-refractivity contribution in [2.24, 2.45) is 4.99 Å². The molecule has 2 aromatic carbocycles. The second kappa shape index (κ2) is 8.83. The van der Waals surface area contributed by atoms with Gasteiger partial charge in [0.15, 0.2) is 16.3 Å². The number of para-hydroxylation sites is 1. The number of rotatable bonds is 5. The standard InChI is InChI=1S/C25H22N2O6S/c1-4-31-24(29)21-14(2)26-25-27(22(21)16-9-10-18-19(11-16)33-13-32-18)23(28)20(34-25)12-15-7-5-6-8-17(15)30-3/h5-12,22H,4,13H2,1-3H3/b20-12-. The first-order chi connectivity index (χ1) is 16.5. The Balaban J connectivity index is 1.73. The highest BCUT2D eigenvalue weighted by Gasteiger charge is 2.34. The fraction of sp³-hybridized carbons (Fsp3) is 0.240. The Morgan fingerprint density at radius 2 is 2.03 bits per heavy atom. The fourth-order valence-electron chi connectivity index (χ4n) is 4.12. The van der Waals surface area contributed by atoms with Crippen molar-refractivity contribution in [2.45, 2.75) is 19.9 Å². The highest BCUT2D eigenvalue weighted by molar-refractivity contribution is 7.07. The SMILES string of the molecule is CCOC(=O)C1=C(C)N=c2s/c(=C\c3ccccc3OC)c(=O)n2C1c1ccc2c(c1)OCO2. The Hall–Kier alpha value is -3.85. The first-order valence-corrected chi connectivity index (χ1v) is 11.6. The van der Waals surface area contributed by atoms with Gasteiger partial charge >= 0.3 is 5.97 Å². The number of carbonyl (C=O) groups is 1. The molecule has 0 amide bonds. The zero-order valence-electron chi connectivity index (χ0n) is 18.9. The molecule has 2 aliphatic rings. The number of methoxy groups -OCH3 is 1. The number of hydrogen-bond donors (Lipinski definition) is 0. The molecule has 8 nitrogen and oxygen atoms in total. The van der Waals surface area contributed by atoms with E-state index in [-0.39, 0.29) is 19.0 Å². The van der Waals surface area contributed by atoms with Crippen LogP contribution in [-0.2, 0) is 9.53 Å². The van der Waals surface area contributed by atoms with Crippen LogP contribution in [0.5, 0.6) is 17.2 Å². The van der Waals surface area contributed by atoms with E-state index < -0.39 is 12.0 Å². The van der Waals surface area contributed by atoms with Gasteiger partial charge in [-0.2, -0.15) is 0 Å². The summed E-state index contributed by atoms with van der Waals surface area (Å²) in [5.41, 5.74) is 2.04. The van der Waals surface area contributed by atoms with E-state index in [0.29, 0.717) is 43.4 Å². The Morgan fingerprint density at radius 1 is 1.24 bits per heavy atom. The van der Waals surface area contributed by atoms with Crippen molar-refractivity contribution >= 4 is 23.4 Å². The zero-order chi connectivity index (χ0) is 23.8. The van der Waals surface area contributed by atoms with E-state index in [2.05, 4.69) is 4.99 Å². The normalized spacial score (nSPS) is 16.8. The molecule has 0 spiro atoms. The van der Waals surface area contributed by atoms with E-state index in [9.17, 15) is 9.59 Å². The van der Waals surface area contributed by atoms with Gasteiger partial charge in [-0.1, -0.05) is 35.6 Å². The van der Waals surface area contributed by atoms with Crippen LogP contribution in [0.1, 0.15) is 31.0 Å². The molecule has 5 rings (SSSR count). The van der Waals surface area contributed by atoms with Gasteiger partial charge in [0, 0.05) is 5.56 Å². The van der Waals surface area contributed by atoms with E-state index in [4.69, 9.17) is 18.9 Å². The van der Waals surface area contributed by atoms with Gasteiger partial charge < -0.3 is 18.9 Å². The van der Waals surface area contributed by atoms with Crippen LogP contribution in [0, 0.1) is 0 Å². The lowest BCUT2D eigenvalue weighted by atomic mass is 9.95. The van der Waals surface area contributed by atoms with Crippen LogP contribution >= 0.6 is 11.3 Å². The smallest absolute Gasteiger partial charge is 0.338 e. The van der Waals surface area contributed by atoms with Gasteiger partial charge in [0.25, 0.3) is 5.56 Å². The predicted octanol–water partition coefficient (Wildman–Crippen LogP) is 2.54. The number of aromatic nitrogens is 1. The van der Waals surface area contributed by atoms with Crippen molar-refractivity contribution in [2.75, 3.05) is 20.5 Å². The number of benzene rings is 2. The molecule has 1 aromatic heterocycles. The summed E-state index contributed by atoms with van der Waals surface area (Å²) in [6.07, 6.45) is 1.78. The molecular formula is C25H22N2O6S. The molecule has 1 atom stereocenters. The van der Waals surface area contributed by atoms with Crippen LogP contribution < -0.4 is 29.1 Å². The Kier molecular flexibility index (Phi) is 5.70. The maximum Gasteiger partial charge on any atom is 0.338 e. The lowest BCUT2D eigenvalue weighted by Gasteiger charge is -2.24. The summed E-state index contributed by atoms with van der Waals surface area (Å²) < 4.78 is 23.8.